The normalized spacial score (nSPS) is 24.3. The molecule has 0 saturated carbocycles. The Kier molecular flexibility index (Phi) is 6.10. The number of H-pyrrole nitrogens is 1. The lowest BCUT2D eigenvalue weighted by molar-refractivity contribution is -0.166. The van der Waals surface area contributed by atoms with Crippen LogP contribution in [-0.4, -0.2) is 52.4 Å². The second-order valence-electron chi connectivity index (χ2n) is 5.66. The van der Waals surface area contributed by atoms with Crippen LogP contribution in [0.5, 0.6) is 0 Å². The van der Waals surface area contributed by atoms with Crippen molar-refractivity contribution in [3.63, 3.8) is 0 Å². The first-order valence-electron chi connectivity index (χ1n) is 7.74. The fourth-order valence-corrected chi connectivity index (χ4v) is 2.57. The molecule has 1 N–H and O–H groups in total. The number of hydrogen-bond acceptors (Lipinski definition) is 9. The lowest BCUT2D eigenvalue weighted by Crippen LogP contribution is -2.42. The zero-order valence-electron chi connectivity index (χ0n) is 14.6. The van der Waals surface area contributed by atoms with Gasteiger partial charge in [0.2, 0.25) is 5.82 Å². The van der Waals surface area contributed by atoms with E-state index in [0.29, 0.717) is 10.8 Å². The number of halogens is 1. The molecule has 2 rings (SSSR count). The summed E-state index contributed by atoms with van der Waals surface area (Å²) in [6.07, 6.45) is -4.61. The first kappa shape index (κ1) is 20.3. The zero-order valence-corrected chi connectivity index (χ0v) is 14.6. The molecule has 0 amide bonds. The fourth-order valence-electron chi connectivity index (χ4n) is 2.57. The van der Waals surface area contributed by atoms with Crippen LogP contribution in [0.3, 0.4) is 0 Å². The fraction of sp³-hybridized carbons (Fsp3) is 0.533. The Bertz CT molecular complexity index is 862. The van der Waals surface area contributed by atoms with Crippen molar-refractivity contribution >= 4 is 17.9 Å². The molecule has 0 bridgehead atoms. The van der Waals surface area contributed by atoms with E-state index in [0.717, 1.165) is 20.8 Å². The molecule has 1 fully saturated rings. The van der Waals surface area contributed by atoms with Crippen LogP contribution in [0.15, 0.2) is 15.8 Å². The van der Waals surface area contributed by atoms with Gasteiger partial charge >= 0.3 is 23.6 Å². The van der Waals surface area contributed by atoms with Gasteiger partial charge in [0.1, 0.15) is 12.7 Å². The lowest BCUT2D eigenvalue weighted by Gasteiger charge is -2.23. The number of hydrogen-bond donors (Lipinski definition) is 1. The molecular weight excluding hydrogens is 371 g/mol. The number of nitrogens with zero attached hydrogens (tertiary/aromatic N) is 1. The molecule has 12 heteroatoms. The standard InChI is InChI=1S/C15H17FN2O9/c1-6(19)24-5-10-11(25-7(2)20)12(26-8(3)21)14(27-10)18-4-9(16)13(22)17-15(18)23/h4,10-12,14H,5H2,1-3H3,(H,17,22,23)/t10-,11?,12?,14-/m1/s1. The van der Waals surface area contributed by atoms with Crippen LogP contribution >= 0.6 is 0 Å². The second kappa shape index (κ2) is 8.12. The minimum Gasteiger partial charge on any atom is -0.463 e. The number of aromatic amines is 1. The minimum atomic E-state index is -1.45. The smallest absolute Gasteiger partial charge is 0.330 e. The first-order valence-corrected chi connectivity index (χ1v) is 7.74. The molecule has 1 aromatic rings. The average Bonchev–Trinajstić information content (AvgIpc) is 2.85. The Morgan fingerprint density at radius 3 is 2.26 bits per heavy atom. The quantitative estimate of drug-likeness (QED) is 0.496. The number of carbonyl (C=O) groups is 3. The third-order valence-electron chi connectivity index (χ3n) is 3.54. The third kappa shape index (κ3) is 4.78. The molecule has 2 heterocycles. The van der Waals surface area contributed by atoms with Crippen molar-refractivity contribution in [3.05, 3.63) is 32.9 Å². The summed E-state index contributed by atoms with van der Waals surface area (Å²) in [4.78, 5) is 58.9. The van der Waals surface area contributed by atoms with Crippen LogP contribution < -0.4 is 11.2 Å². The Morgan fingerprint density at radius 2 is 1.70 bits per heavy atom. The molecule has 1 aromatic heterocycles. The summed E-state index contributed by atoms with van der Waals surface area (Å²) in [6, 6.07) is 0. The Balaban J connectivity index is 2.47. The monoisotopic (exact) mass is 388 g/mol. The molecular formula is C15H17FN2O9. The van der Waals surface area contributed by atoms with Crippen LogP contribution in [0.2, 0.25) is 0 Å². The summed E-state index contributed by atoms with van der Waals surface area (Å²) in [5.74, 6) is -3.49. The highest BCUT2D eigenvalue weighted by Gasteiger charge is 2.51. The SMILES string of the molecule is CC(=O)OC[C@H]1O[C@@H](n2cc(F)c(=O)[nH]c2=O)C(OC(C)=O)C1OC(C)=O. The maximum atomic E-state index is 13.6. The minimum absolute atomic E-state index is 0.387. The number of esters is 3. The highest BCUT2D eigenvalue weighted by molar-refractivity contribution is 5.67. The average molecular weight is 388 g/mol. The van der Waals surface area contributed by atoms with Crippen molar-refractivity contribution in [3.8, 4) is 0 Å². The Morgan fingerprint density at radius 1 is 1.11 bits per heavy atom. The first-order chi connectivity index (χ1) is 12.6. The highest BCUT2D eigenvalue weighted by atomic mass is 19.1. The van der Waals surface area contributed by atoms with Crippen LogP contribution in [0.1, 0.15) is 27.0 Å². The molecule has 0 aromatic carbocycles. The zero-order chi connectivity index (χ0) is 20.3. The van der Waals surface area contributed by atoms with Gasteiger partial charge in [-0.1, -0.05) is 0 Å². The number of nitrogens with one attached hydrogen (secondary N) is 1. The number of ether oxygens (including phenoxy) is 4. The van der Waals surface area contributed by atoms with Crippen molar-refractivity contribution in [1.82, 2.24) is 9.55 Å². The highest BCUT2D eigenvalue weighted by Crippen LogP contribution is 2.33. The van der Waals surface area contributed by atoms with Gasteiger partial charge < -0.3 is 18.9 Å². The maximum Gasteiger partial charge on any atom is 0.330 e. The van der Waals surface area contributed by atoms with Crippen molar-refractivity contribution < 1.29 is 37.7 Å². The van der Waals surface area contributed by atoms with E-state index < -0.39 is 59.5 Å². The third-order valence-corrected chi connectivity index (χ3v) is 3.54. The molecule has 27 heavy (non-hydrogen) atoms. The van der Waals surface area contributed by atoms with Gasteiger partial charge in [0, 0.05) is 20.8 Å². The van der Waals surface area contributed by atoms with Crippen LogP contribution in [0, 0.1) is 5.82 Å². The number of carbonyl (C=O) groups excluding carboxylic acids is 3. The maximum absolute atomic E-state index is 13.6. The van der Waals surface area contributed by atoms with E-state index in [4.69, 9.17) is 18.9 Å². The molecule has 1 saturated heterocycles. The van der Waals surface area contributed by atoms with E-state index in [9.17, 15) is 28.4 Å². The van der Waals surface area contributed by atoms with Crippen LogP contribution in [-0.2, 0) is 33.3 Å². The van der Waals surface area contributed by atoms with Crippen LogP contribution in [0.25, 0.3) is 0 Å². The van der Waals surface area contributed by atoms with E-state index in [1.807, 2.05) is 0 Å². The molecule has 4 atom stereocenters. The van der Waals surface area contributed by atoms with Crippen molar-refractivity contribution in [2.45, 2.75) is 45.3 Å². The van der Waals surface area contributed by atoms with E-state index in [2.05, 4.69) is 0 Å². The molecule has 0 spiro atoms. The van der Waals surface area contributed by atoms with Crippen LogP contribution in [0.4, 0.5) is 4.39 Å². The van der Waals surface area contributed by atoms with Gasteiger partial charge in [0.15, 0.2) is 18.4 Å². The summed E-state index contributed by atoms with van der Waals surface area (Å²) in [7, 11) is 0. The Hall–Kier alpha value is -3.02. The molecule has 0 radical (unpaired) electrons. The van der Waals surface area contributed by atoms with E-state index >= 15 is 0 Å². The van der Waals surface area contributed by atoms with Gasteiger partial charge in [-0.15, -0.1) is 0 Å². The van der Waals surface area contributed by atoms with Gasteiger partial charge in [-0.05, 0) is 0 Å². The van der Waals surface area contributed by atoms with Gasteiger partial charge in [-0.25, -0.2) is 4.79 Å². The van der Waals surface area contributed by atoms with Gasteiger partial charge in [-0.2, -0.15) is 4.39 Å². The molecule has 11 nitrogen and oxygen atoms in total. The van der Waals surface area contributed by atoms with Crippen molar-refractivity contribution in [2.24, 2.45) is 0 Å². The summed E-state index contributed by atoms with van der Waals surface area (Å²) in [6.45, 7) is 2.91. The van der Waals surface area contributed by atoms with Gasteiger partial charge in [0.05, 0.1) is 6.20 Å². The number of rotatable bonds is 5. The van der Waals surface area contributed by atoms with E-state index in [1.165, 1.54) is 0 Å². The molecule has 2 unspecified atom stereocenters. The molecule has 1 aliphatic heterocycles. The predicted octanol–water partition coefficient (Wildman–Crippen LogP) is -1.00. The molecule has 0 aliphatic carbocycles. The van der Waals surface area contributed by atoms with E-state index in [1.54, 1.807) is 4.98 Å². The predicted molar refractivity (Wildman–Crippen MR) is 82.9 cm³/mol. The topological polar surface area (TPSA) is 143 Å². The largest absolute Gasteiger partial charge is 0.463 e. The molecule has 1 aliphatic rings. The number of aromatic nitrogens is 2. The second-order valence-corrected chi connectivity index (χ2v) is 5.66. The summed E-state index contributed by atoms with van der Waals surface area (Å²) >= 11 is 0. The van der Waals surface area contributed by atoms with Crippen molar-refractivity contribution in [2.75, 3.05) is 6.61 Å². The Labute approximate surface area is 151 Å². The van der Waals surface area contributed by atoms with Gasteiger partial charge in [-0.3, -0.25) is 28.7 Å². The summed E-state index contributed by atoms with van der Waals surface area (Å²) < 4.78 is 34.9. The molecule has 148 valence electrons. The summed E-state index contributed by atoms with van der Waals surface area (Å²) in [5.41, 5.74) is -2.29. The van der Waals surface area contributed by atoms with Gasteiger partial charge in [0.25, 0.3) is 5.56 Å². The van der Waals surface area contributed by atoms with E-state index in [-0.39, 0.29) is 6.61 Å². The lowest BCUT2D eigenvalue weighted by atomic mass is 10.1. The summed E-state index contributed by atoms with van der Waals surface area (Å²) in [5, 5.41) is 0. The van der Waals surface area contributed by atoms with Crippen molar-refractivity contribution in [1.29, 1.82) is 0 Å².